The minimum absolute atomic E-state index is 0.120. The molecule has 2 aromatic rings. The van der Waals surface area contributed by atoms with Gasteiger partial charge >= 0.3 is 0 Å². The second kappa shape index (κ2) is 15.7. The van der Waals surface area contributed by atoms with Gasteiger partial charge < -0.3 is 30.9 Å². The van der Waals surface area contributed by atoms with Gasteiger partial charge in [0.15, 0.2) is 0 Å². The van der Waals surface area contributed by atoms with Crippen molar-refractivity contribution in [3.8, 4) is 5.75 Å². The number of benzene rings is 2. The monoisotopic (exact) mass is 617 g/mol. The van der Waals surface area contributed by atoms with Gasteiger partial charge in [-0.1, -0.05) is 70.2 Å². The van der Waals surface area contributed by atoms with E-state index < -0.39 is 42.1 Å². The first-order chi connectivity index (χ1) is 21.6. The fourth-order valence-corrected chi connectivity index (χ4v) is 5.90. The van der Waals surface area contributed by atoms with Crippen molar-refractivity contribution >= 4 is 29.7 Å². The normalized spacial score (nSPS) is 22.9. The molecule has 2 aromatic carbocycles. The molecular formula is C35H47N5O5. The Morgan fingerprint density at radius 2 is 1.71 bits per heavy atom. The molecule has 242 valence electrons. The van der Waals surface area contributed by atoms with E-state index in [1.165, 1.54) is 0 Å². The zero-order chi connectivity index (χ0) is 32.5. The van der Waals surface area contributed by atoms with Crippen LogP contribution in [0.1, 0.15) is 58.1 Å². The number of carbonyl (C=O) groups is 4. The molecule has 4 amide bonds. The zero-order valence-corrected chi connectivity index (χ0v) is 26.9. The zero-order valence-electron chi connectivity index (χ0n) is 26.9. The van der Waals surface area contributed by atoms with Gasteiger partial charge in [-0.3, -0.25) is 19.2 Å². The van der Waals surface area contributed by atoms with Gasteiger partial charge in [0, 0.05) is 12.7 Å². The second-order valence-electron chi connectivity index (χ2n) is 12.6. The summed E-state index contributed by atoms with van der Waals surface area (Å²) in [7, 11) is 1.74. The van der Waals surface area contributed by atoms with Crippen LogP contribution >= 0.6 is 0 Å². The molecule has 1 fully saturated rings. The van der Waals surface area contributed by atoms with E-state index in [0.717, 1.165) is 11.1 Å². The molecule has 3 heterocycles. The minimum Gasteiger partial charge on any atom is -0.487 e. The molecule has 3 aliphatic rings. The number of nitrogens with one attached hydrogen (secondary N) is 4. The Morgan fingerprint density at radius 1 is 1.00 bits per heavy atom. The fourth-order valence-electron chi connectivity index (χ4n) is 5.90. The predicted molar refractivity (Wildman–Crippen MR) is 174 cm³/mol. The van der Waals surface area contributed by atoms with Crippen molar-refractivity contribution in [3.63, 3.8) is 0 Å². The fraction of sp³-hybridized carbons (Fsp3) is 0.486. The lowest BCUT2D eigenvalue weighted by atomic mass is 9.96. The number of amides is 4. The molecule has 45 heavy (non-hydrogen) atoms. The van der Waals surface area contributed by atoms with E-state index in [4.69, 9.17) is 4.74 Å². The molecule has 3 aliphatic heterocycles. The van der Waals surface area contributed by atoms with Crippen LogP contribution in [0.5, 0.6) is 5.75 Å². The Balaban J connectivity index is 1.61. The number of likely N-dealkylation sites (tertiary alicyclic amines) is 1. The van der Waals surface area contributed by atoms with Crippen LogP contribution in [-0.2, 0) is 25.6 Å². The molecule has 10 heteroatoms. The van der Waals surface area contributed by atoms with Crippen LogP contribution in [-0.4, -0.2) is 72.4 Å². The molecule has 0 radical (unpaired) electrons. The minimum atomic E-state index is -1.12. The summed E-state index contributed by atoms with van der Waals surface area (Å²) in [6, 6.07) is 13.9. The largest absolute Gasteiger partial charge is 0.487 e. The maximum absolute atomic E-state index is 14.0. The molecule has 0 saturated carbocycles. The lowest BCUT2D eigenvalue weighted by molar-refractivity contribution is -0.142. The summed E-state index contributed by atoms with van der Waals surface area (Å²) in [5.74, 6) is -0.969. The first kappa shape index (κ1) is 33.7. The number of fused-ring (bicyclic) bond motifs is 10. The molecule has 5 rings (SSSR count). The van der Waals surface area contributed by atoms with Crippen molar-refractivity contribution in [2.45, 2.75) is 83.6 Å². The molecule has 5 atom stereocenters. The maximum atomic E-state index is 14.0. The van der Waals surface area contributed by atoms with Crippen molar-refractivity contribution < 1.29 is 23.9 Å². The van der Waals surface area contributed by atoms with Crippen LogP contribution in [0.4, 0.5) is 0 Å². The van der Waals surface area contributed by atoms with Crippen molar-refractivity contribution in [3.05, 3.63) is 71.9 Å². The van der Waals surface area contributed by atoms with Gasteiger partial charge in [0.05, 0.1) is 6.04 Å². The Hall–Kier alpha value is -4.18. The Morgan fingerprint density at radius 3 is 2.36 bits per heavy atom. The van der Waals surface area contributed by atoms with Crippen molar-refractivity contribution in [1.29, 1.82) is 0 Å². The molecule has 1 saturated heterocycles. The average Bonchev–Trinajstić information content (AvgIpc) is 3.51. The first-order valence-corrected chi connectivity index (χ1v) is 15.9. The molecule has 2 bridgehead atoms. The number of rotatable bonds is 9. The van der Waals surface area contributed by atoms with Gasteiger partial charge in [-0.2, -0.15) is 0 Å². The highest BCUT2D eigenvalue weighted by atomic mass is 16.5. The highest BCUT2D eigenvalue weighted by Crippen LogP contribution is 2.23. The average molecular weight is 618 g/mol. The highest BCUT2D eigenvalue weighted by Gasteiger charge is 2.41. The summed E-state index contributed by atoms with van der Waals surface area (Å²) >= 11 is 0. The van der Waals surface area contributed by atoms with E-state index in [0.29, 0.717) is 38.0 Å². The molecule has 10 nitrogen and oxygen atoms in total. The van der Waals surface area contributed by atoms with Gasteiger partial charge in [-0.15, -0.1) is 0 Å². The number of nitrogens with zero attached hydrogens (tertiary/aromatic N) is 1. The number of hydrogen-bond acceptors (Lipinski definition) is 6. The molecule has 0 aromatic heterocycles. The standard InChI is InChI=1S/C35H47N5O5/c1-22(2)20-27-32(41)37-18-17-24-13-15-26(16-14-24)45-31(23(3)4)30(34(43)38-27)39-33(42)29-12-9-19-40(29)35(44)28(36-5)21-25-10-7-6-8-11-25/h6-8,10-11,13-18,22-23,27-31,36H,9,12,19-21H2,1-5H3,(H,37,41)(H,38,43)(H,39,42). The van der Waals surface area contributed by atoms with E-state index in [-0.39, 0.29) is 23.7 Å². The van der Waals surface area contributed by atoms with Gasteiger partial charge in [-0.25, -0.2) is 0 Å². The highest BCUT2D eigenvalue weighted by molar-refractivity contribution is 5.95. The second-order valence-corrected chi connectivity index (χ2v) is 12.6. The number of ether oxygens (including phenoxy) is 1. The Labute approximate surface area is 266 Å². The third-order valence-corrected chi connectivity index (χ3v) is 8.33. The smallest absolute Gasteiger partial charge is 0.247 e. The van der Waals surface area contributed by atoms with Gasteiger partial charge in [0.2, 0.25) is 23.6 Å². The van der Waals surface area contributed by atoms with Gasteiger partial charge in [-0.05, 0) is 73.9 Å². The molecule has 4 N–H and O–H groups in total. The summed E-state index contributed by atoms with van der Waals surface area (Å²) in [6.45, 7) is 8.23. The van der Waals surface area contributed by atoms with Crippen LogP contribution in [0.2, 0.25) is 0 Å². The SMILES string of the molecule is CNC(Cc1ccccc1)C(=O)N1CCCC1C(=O)NC1C(=O)NC(CC(C)C)C(=O)NC=Cc2ccc(cc2)OC1C(C)C. The maximum Gasteiger partial charge on any atom is 0.247 e. The van der Waals surface area contributed by atoms with E-state index >= 15 is 0 Å². The van der Waals surface area contributed by atoms with Gasteiger partial charge in [0.25, 0.3) is 0 Å². The van der Waals surface area contributed by atoms with Crippen LogP contribution in [0.3, 0.4) is 0 Å². The topological polar surface area (TPSA) is 129 Å². The van der Waals surface area contributed by atoms with Crippen molar-refractivity contribution in [2.24, 2.45) is 11.8 Å². The summed E-state index contributed by atoms with van der Waals surface area (Å²) in [6.07, 6.45) is 4.62. The van der Waals surface area contributed by atoms with Crippen molar-refractivity contribution in [2.75, 3.05) is 13.6 Å². The summed E-state index contributed by atoms with van der Waals surface area (Å²) in [5.41, 5.74) is 1.88. The number of hydrogen-bond donors (Lipinski definition) is 4. The van der Waals surface area contributed by atoms with Crippen LogP contribution in [0.15, 0.2) is 60.8 Å². The molecule has 5 unspecified atom stereocenters. The van der Waals surface area contributed by atoms with Crippen LogP contribution in [0.25, 0.3) is 6.08 Å². The van der Waals surface area contributed by atoms with Gasteiger partial charge in [0.1, 0.15) is 30.0 Å². The quantitative estimate of drug-likeness (QED) is 0.343. The summed E-state index contributed by atoms with van der Waals surface area (Å²) in [4.78, 5) is 56.5. The predicted octanol–water partition coefficient (Wildman–Crippen LogP) is 3.03. The Kier molecular flexibility index (Phi) is 11.8. The van der Waals surface area contributed by atoms with E-state index in [9.17, 15) is 19.2 Å². The summed E-state index contributed by atoms with van der Waals surface area (Å²) in [5, 5.41) is 11.8. The third kappa shape index (κ3) is 8.94. The number of carbonyl (C=O) groups excluding carboxylic acids is 4. The molecule has 0 spiro atoms. The van der Waals surface area contributed by atoms with Crippen molar-refractivity contribution in [1.82, 2.24) is 26.2 Å². The third-order valence-electron chi connectivity index (χ3n) is 8.33. The van der Waals surface area contributed by atoms with E-state index in [1.807, 2.05) is 70.2 Å². The number of likely N-dealkylation sites (N-methyl/N-ethyl adjacent to an activating group) is 1. The summed E-state index contributed by atoms with van der Waals surface area (Å²) < 4.78 is 6.37. The van der Waals surface area contributed by atoms with Crippen LogP contribution < -0.4 is 26.0 Å². The lowest BCUT2D eigenvalue weighted by Crippen LogP contribution is -2.62. The van der Waals surface area contributed by atoms with E-state index in [1.54, 1.807) is 36.4 Å². The first-order valence-electron chi connectivity index (χ1n) is 15.9. The molecule has 0 aliphatic carbocycles. The lowest BCUT2D eigenvalue weighted by Gasteiger charge is -2.34. The van der Waals surface area contributed by atoms with Crippen LogP contribution in [0, 0.1) is 11.8 Å². The van der Waals surface area contributed by atoms with E-state index in [2.05, 4.69) is 21.3 Å². The Bertz CT molecular complexity index is 1340. The molecular weight excluding hydrogens is 570 g/mol.